The van der Waals surface area contributed by atoms with Crippen molar-refractivity contribution in [2.45, 2.75) is 25.4 Å². The van der Waals surface area contributed by atoms with E-state index in [-0.39, 0.29) is 6.10 Å². The zero-order chi connectivity index (χ0) is 14.7. The Kier molecular flexibility index (Phi) is 4.42. The van der Waals surface area contributed by atoms with E-state index < -0.39 is 10.0 Å². The Labute approximate surface area is 126 Å². The molecule has 0 aromatic heterocycles. The Bertz CT molecular complexity index is 593. The molecule has 0 N–H and O–H groups in total. The predicted molar refractivity (Wildman–Crippen MR) is 83.0 cm³/mol. The van der Waals surface area contributed by atoms with Crippen LogP contribution < -0.4 is 0 Å². The van der Waals surface area contributed by atoms with Crippen molar-refractivity contribution in [2.24, 2.45) is 5.92 Å². The van der Waals surface area contributed by atoms with Crippen LogP contribution in [0.4, 0.5) is 0 Å². The maximum Gasteiger partial charge on any atom is 0.236 e. The number of hydrogen-bond donors (Lipinski definition) is 0. The standard InChI is InChI=1S/C16H21NO3S/c18-21(19,11-9-14-4-2-1-3-5-14)17-10-8-16(12-17)20-13-15-6-7-15/h1-5,9,11,15-16H,6-8,10,12-13H2/b11-9+. The molecule has 0 amide bonds. The van der Waals surface area contributed by atoms with Gasteiger partial charge in [0.15, 0.2) is 0 Å². The van der Waals surface area contributed by atoms with Crippen LogP contribution in [-0.2, 0) is 14.8 Å². The molecule has 1 unspecified atom stereocenters. The zero-order valence-electron chi connectivity index (χ0n) is 12.0. The lowest BCUT2D eigenvalue weighted by Crippen LogP contribution is -2.28. The van der Waals surface area contributed by atoms with Gasteiger partial charge in [-0.15, -0.1) is 0 Å². The van der Waals surface area contributed by atoms with Crippen molar-refractivity contribution >= 4 is 16.1 Å². The average Bonchev–Trinajstić information content (AvgIpc) is 3.20. The molecule has 1 aliphatic carbocycles. The third-order valence-corrected chi connectivity index (χ3v) is 5.50. The van der Waals surface area contributed by atoms with Crippen molar-refractivity contribution in [1.82, 2.24) is 4.31 Å². The van der Waals surface area contributed by atoms with Gasteiger partial charge in [0.25, 0.3) is 0 Å². The number of benzene rings is 1. The third kappa shape index (κ3) is 4.15. The van der Waals surface area contributed by atoms with Gasteiger partial charge >= 0.3 is 0 Å². The highest BCUT2D eigenvalue weighted by Crippen LogP contribution is 2.30. The minimum Gasteiger partial charge on any atom is -0.377 e. The Morgan fingerprint density at radius 2 is 1.95 bits per heavy atom. The first-order chi connectivity index (χ1) is 10.1. The fourth-order valence-corrected chi connectivity index (χ4v) is 3.67. The van der Waals surface area contributed by atoms with Crippen molar-refractivity contribution in [3.05, 3.63) is 41.3 Å². The molecule has 1 aromatic rings. The van der Waals surface area contributed by atoms with Crippen LogP contribution in [0.1, 0.15) is 24.8 Å². The fraction of sp³-hybridized carbons (Fsp3) is 0.500. The van der Waals surface area contributed by atoms with Gasteiger partial charge in [0.05, 0.1) is 6.10 Å². The summed E-state index contributed by atoms with van der Waals surface area (Å²) in [6.45, 7) is 1.82. The first-order valence-electron chi connectivity index (χ1n) is 7.48. The summed E-state index contributed by atoms with van der Waals surface area (Å²) in [5, 5.41) is 1.30. The van der Waals surface area contributed by atoms with Crippen LogP contribution in [0.15, 0.2) is 35.7 Å². The van der Waals surface area contributed by atoms with Gasteiger partial charge in [-0.3, -0.25) is 0 Å². The van der Waals surface area contributed by atoms with Crippen molar-refractivity contribution in [3.63, 3.8) is 0 Å². The van der Waals surface area contributed by atoms with Gasteiger partial charge in [-0.1, -0.05) is 30.3 Å². The summed E-state index contributed by atoms with van der Waals surface area (Å²) in [4.78, 5) is 0. The van der Waals surface area contributed by atoms with Gasteiger partial charge in [0.2, 0.25) is 10.0 Å². The van der Waals surface area contributed by atoms with Crippen LogP contribution in [0.2, 0.25) is 0 Å². The monoisotopic (exact) mass is 307 g/mol. The van der Waals surface area contributed by atoms with Gasteiger partial charge in [-0.05, 0) is 36.8 Å². The molecule has 1 atom stereocenters. The largest absolute Gasteiger partial charge is 0.377 e. The van der Waals surface area contributed by atoms with E-state index in [0.717, 1.165) is 18.6 Å². The van der Waals surface area contributed by atoms with E-state index in [1.807, 2.05) is 30.3 Å². The summed E-state index contributed by atoms with van der Waals surface area (Å²) in [7, 11) is -3.34. The summed E-state index contributed by atoms with van der Waals surface area (Å²) in [6.07, 6.45) is 5.02. The van der Waals surface area contributed by atoms with Gasteiger partial charge < -0.3 is 4.74 Å². The molecule has 3 rings (SSSR count). The quantitative estimate of drug-likeness (QED) is 0.811. The maximum atomic E-state index is 12.3. The lowest BCUT2D eigenvalue weighted by molar-refractivity contribution is 0.0561. The van der Waals surface area contributed by atoms with Crippen molar-refractivity contribution in [1.29, 1.82) is 0 Å². The lowest BCUT2D eigenvalue weighted by atomic mass is 10.2. The molecule has 1 aliphatic heterocycles. The molecule has 1 heterocycles. The Hall–Kier alpha value is -1.17. The average molecular weight is 307 g/mol. The molecule has 21 heavy (non-hydrogen) atoms. The van der Waals surface area contributed by atoms with Crippen LogP contribution in [0, 0.1) is 5.92 Å². The molecule has 2 aliphatic rings. The molecule has 0 bridgehead atoms. The van der Waals surface area contributed by atoms with Gasteiger partial charge in [0.1, 0.15) is 0 Å². The topological polar surface area (TPSA) is 46.6 Å². The summed E-state index contributed by atoms with van der Waals surface area (Å²) in [6, 6.07) is 9.47. The summed E-state index contributed by atoms with van der Waals surface area (Å²) < 4.78 is 31.9. The SMILES string of the molecule is O=S(=O)(/C=C/c1ccccc1)N1CCC(OCC2CC2)C1. The van der Waals surface area contributed by atoms with Crippen molar-refractivity contribution in [2.75, 3.05) is 19.7 Å². The van der Waals surface area contributed by atoms with E-state index >= 15 is 0 Å². The molecule has 4 nitrogen and oxygen atoms in total. The number of nitrogens with zero attached hydrogens (tertiary/aromatic N) is 1. The van der Waals surface area contributed by atoms with Crippen LogP contribution in [0.5, 0.6) is 0 Å². The minimum absolute atomic E-state index is 0.0606. The van der Waals surface area contributed by atoms with Crippen LogP contribution >= 0.6 is 0 Å². The molecule has 1 saturated carbocycles. The summed E-state index contributed by atoms with van der Waals surface area (Å²) in [5.41, 5.74) is 0.891. The molecule has 0 spiro atoms. The molecular formula is C16H21NO3S. The fourth-order valence-electron chi connectivity index (χ4n) is 2.44. The third-order valence-electron chi connectivity index (χ3n) is 3.96. The molecular weight excluding hydrogens is 286 g/mol. The molecule has 1 saturated heterocycles. The van der Waals surface area contributed by atoms with E-state index in [1.165, 1.54) is 22.6 Å². The number of sulfonamides is 1. The molecule has 5 heteroatoms. The van der Waals surface area contributed by atoms with Crippen molar-refractivity contribution < 1.29 is 13.2 Å². The van der Waals surface area contributed by atoms with Gasteiger partial charge in [-0.2, -0.15) is 4.31 Å². The lowest BCUT2D eigenvalue weighted by Gasteiger charge is -2.14. The van der Waals surface area contributed by atoms with Crippen LogP contribution in [0.25, 0.3) is 6.08 Å². The highest BCUT2D eigenvalue weighted by molar-refractivity contribution is 7.92. The van der Waals surface area contributed by atoms with Gasteiger partial charge in [-0.25, -0.2) is 8.42 Å². The zero-order valence-corrected chi connectivity index (χ0v) is 12.8. The normalized spacial score (nSPS) is 23.9. The van der Waals surface area contributed by atoms with Crippen molar-refractivity contribution in [3.8, 4) is 0 Å². The van der Waals surface area contributed by atoms with Crippen LogP contribution in [-0.4, -0.2) is 38.5 Å². The smallest absolute Gasteiger partial charge is 0.236 e. The van der Waals surface area contributed by atoms with E-state index in [0.29, 0.717) is 19.0 Å². The molecule has 0 radical (unpaired) electrons. The van der Waals surface area contributed by atoms with Crippen LogP contribution in [0.3, 0.4) is 0 Å². The summed E-state index contributed by atoms with van der Waals surface area (Å²) >= 11 is 0. The number of ether oxygens (including phenoxy) is 1. The van der Waals surface area contributed by atoms with E-state index in [4.69, 9.17) is 4.74 Å². The molecule has 2 fully saturated rings. The maximum absolute atomic E-state index is 12.3. The Balaban J connectivity index is 1.56. The first-order valence-corrected chi connectivity index (χ1v) is 8.99. The van der Waals surface area contributed by atoms with Gasteiger partial charge in [0, 0.05) is 25.1 Å². The number of hydrogen-bond acceptors (Lipinski definition) is 3. The first kappa shape index (κ1) is 14.8. The Morgan fingerprint density at radius 3 is 2.67 bits per heavy atom. The highest BCUT2D eigenvalue weighted by atomic mass is 32.2. The van der Waals surface area contributed by atoms with E-state index in [2.05, 4.69) is 0 Å². The second kappa shape index (κ2) is 6.30. The molecule has 114 valence electrons. The molecule has 1 aromatic carbocycles. The van der Waals surface area contributed by atoms with E-state index in [9.17, 15) is 8.42 Å². The summed E-state index contributed by atoms with van der Waals surface area (Å²) in [5.74, 6) is 0.716. The number of rotatable bonds is 6. The predicted octanol–water partition coefficient (Wildman–Crippen LogP) is 2.49. The minimum atomic E-state index is -3.34. The van der Waals surface area contributed by atoms with E-state index in [1.54, 1.807) is 6.08 Å². The second-order valence-electron chi connectivity index (χ2n) is 5.80. The Morgan fingerprint density at radius 1 is 1.19 bits per heavy atom. The second-order valence-corrected chi connectivity index (χ2v) is 7.62. The highest BCUT2D eigenvalue weighted by Gasteiger charge is 2.32.